The van der Waals surface area contributed by atoms with Gasteiger partial charge in [0.25, 0.3) is 10.0 Å². The van der Waals surface area contributed by atoms with Crippen molar-refractivity contribution in [2.75, 3.05) is 24.2 Å². The minimum Gasteiger partial charge on any atom is -0.495 e. The van der Waals surface area contributed by atoms with Crippen molar-refractivity contribution < 1.29 is 26.7 Å². The van der Waals surface area contributed by atoms with Gasteiger partial charge in [0, 0.05) is 0 Å². The number of aliphatic hydroxyl groups excluding tert-OH is 1. The van der Waals surface area contributed by atoms with Crippen molar-refractivity contribution >= 4 is 25.5 Å². The van der Waals surface area contributed by atoms with Crippen LogP contribution in [0.1, 0.15) is 5.56 Å². The second kappa shape index (κ2) is 7.42. The van der Waals surface area contributed by atoms with Crippen molar-refractivity contribution in [1.29, 1.82) is 0 Å². The zero-order chi connectivity index (χ0) is 18.7. The molecule has 136 valence electrons. The SMILES string of the molecule is COc1ccc(S(=O)(=O)CCO)cc1NS(=O)(=O)c1ccc(C)cc1. The van der Waals surface area contributed by atoms with E-state index in [4.69, 9.17) is 9.84 Å². The second-order valence-corrected chi connectivity index (χ2v) is 9.11. The molecular weight excluding hydrogens is 366 g/mol. The standard InChI is InChI=1S/C16H19NO6S2/c1-12-3-5-13(6-4-12)25(21,22)17-15-11-14(7-8-16(15)23-2)24(19,20)10-9-18/h3-8,11,17-18H,9-10H2,1-2H3. The van der Waals surface area contributed by atoms with E-state index >= 15 is 0 Å². The molecule has 0 saturated carbocycles. The summed E-state index contributed by atoms with van der Waals surface area (Å²) in [7, 11) is -6.29. The van der Waals surface area contributed by atoms with Gasteiger partial charge in [-0.15, -0.1) is 0 Å². The minimum absolute atomic E-state index is 0.00193. The van der Waals surface area contributed by atoms with Crippen molar-refractivity contribution in [3.63, 3.8) is 0 Å². The number of aryl methyl sites for hydroxylation is 1. The maximum Gasteiger partial charge on any atom is 0.262 e. The third kappa shape index (κ3) is 4.50. The molecule has 0 aliphatic carbocycles. The van der Waals surface area contributed by atoms with Crippen LogP contribution in [0.3, 0.4) is 0 Å². The molecule has 0 spiro atoms. The van der Waals surface area contributed by atoms with Crippen molar-refractivity contribution in [1.82, 2.24) is 0 Å². The molecule has 0 bridgehead atoms. The number of aliphatic hydroxyl groups is 1. The van der Waals surface area contributed by atoms with Crippen LogP contribution in [0.25, 0.3) is 0 Å². The molecule has 9 heteroatoms. The molecule has 25 heavy (non-hydrogen) atoms. The molecule has 0 aliphatic heterocycles. The van der Waals surface area contributed by atoms with E-state index in [9.17, 15) is 16.8 Å². The summed E-state index contributed by atoms with van der Waals surface area (Å²) < 4.78 is 56.6. The first-order valence-corrected chi connectivity index (χ1v) is 10.4. The number of benzene rings is 2. The number of methoxy groups -OCH3 is 1. The lowest BCUT2D eigenvalue weighted by molar-refractivity contribution is 0.319. The molecule has 0 heterocycles. The van der Waals surface area contributed by atoms with Crippen LogP contribution in [0, 0.1) is 6.92 Å². The Morgan fingerprint density at radius 3 is 2.16 bits per heavy atom. The van der Waals surface area contributed by atoms with Crippen molar-refractivity contribution in [3.05, 3.63) is 48.0 Å². The number of nitrogens with one attached hydrogen (secondary N) is 1. The van der Waals surface area contributed by atoms with E-state index in [0.29, 0.717) is 0 Å². The zero-order valence-corrected chi connectivity index (χ0v) is 15.4. The topological polar surface area (TPSA) is 110 Å². The summed E-state index contributed by atoms with van der Waals surface area (Å²) in [4.78, 5) is -0.0623. The average Bonchev–Trinajstić information content (AvgIpc) is 2.54. The summed E-state index contributed by atoms with van der Waals surface area (Å²) >= 11 is 0. The van der Waals surface area contributed by atoms with Crippen LogP contribution in [0.2, 0.25) is 0 Å². The molecule has 2 rings (SSSR count). The average molecular weight is 385 g/mol. The van der Waals surface area contributed by atoms with Gasteiger partial charge in [0.15, 0.2) is 9.84 Å². The highest BCUT2D eigenvalue weighted by Gasteiger charge is 2.20. The zero-order valence-electron chi connectivity index (χ0n) is 13.8. The van der Waals surface area contributed by atoms with E-state index in [1.807, 2.05) is 6.92 Å². The monoisotopic (exact) mass is 385 g/mol. The lowest BCUT2D eigenvalue weighted by Gasteiger charge is -2.13. The van der Waals surface area contributed by atoms with Gasteiger partial charge in [-0.2, -0.15) is 0 Å². The summed E-state index contributed by atoms with van der Waals surface area (Å²) in [6, 6.07) is 10.1. The molecule has 2 N–H and O–H groups in total. The summed E-state index contributed by atoms with van der Waals surface area (Å²) in [5.74, 6) is -0.276. The number of sulfonamides is 1. The van der Waals surface area contributed by atoms with Gasteiger partial charge in [-0.25, -0.2) is 16.8 Å². The van der Waals surface area contributed by atoms with Gasteiger partial charge in [0.1, 0.15) is 5.75 Å². The fourth-order valence-electron chi connectivity index (χ4n) is 2.12. The Labute approximate surface area is 147 Å². The predicted molar refractivity (Wildman–Crippen MR) is 94.1 cm³/mol. The molecule has 0 aromatic heterocycles. The Kier molecular flexibility index (Phi) is 5.71. The Morgan fingerprint density at radius 1 is 1.00 bits per heavy atom. The Morgan fingerprint density at radius 2 is 1.60 bits per heavy atom. The largest absolute Gasteiger partial charge is 0.495 e. The Balaban J connectivity index is 2.45. The van der Waals surface area contributed by atoms with Crippen LogP contribution in [0.15, 0.2) is 52.3 Å². The van der Waals surface area contributed by atoms with Gasteiger partial charge in [-0.3, -0.25) is 4.72 Å². The van der Waals surface area contributed by atoms with E-state index in [1.165, 1.54) is 37.4 Å². The van der Waals surface area contributed by atoms with Gasteiger partial charge in [0.2, 0.25) is 0 Å². The number of anilines is 1. The molecule has 2 aromatic rings. The maximum atomic E-state index is 12.5. The van der Waals surface area contributed by atoms with Gasteiger partial charge >= 0.3 is 0 Å². The van der Waals surface area contributed by atoms with Crippen LogP contribution in [-0.4, -0.2) is 41.4 Å². The number of hydrogen-bond acceptors (Lipinski definition) is 6. The molecular formula is C16H19NO6S2. The number of ether oxygens (including phenoxy) is 1. The Bertz CT molecular complexity index is 951. The maximum absolute atomic E-state index is 12.5. The molecule has 0 fully saturated rings. The van der Waals surface area contributed by atoms with E-state index in [-0.39, 0.29) is 21.2 Å². The van der Waals surface area contributed by atoms with Crippen LogP contribution in [-0.2, 0) is 19.9 Å². The number of hydrogen-bond donors (Lipinski definition) is 2. The predicted octanol–water partition coefficient (Wildman–Crippen LogP) is 1.57. The van der Waals surface area contributed by atoms with Crippen molar-refractivity contribution in [2.45, 2.75) is 16.7 Å². The second-order valence-electron chi connectivity index (χ2n) is 5.32. The molecule has 0 aliphatic rings. The van der Waals surface area contributed by atoms with Crippen molar-refractivity contribution in [3.8, 4) is 5.75 Å². The van der Waals surface area contributed by atoms with E-state index in [0.717, 1.165) is 5.56 Å². The van der Waals surface area contributed by atoms with E-state index < -0.39 is 32.2 Å². The highest BCUT2D eigenvalue weighted by Crippen LogP contribution is 2.30. The summed E-state index contributed by atoms with van der Waals surface area (Å²) in [5, 5.41) is 8.88. The van der Waals surface area contributed by atoms with Gasteiger partial charge in [-0.1, -0.05) is 17.7 Å². The molecule has 0 atom stereocenters. The first-order valence-electron chi connectivity index (χ1n) is 7.31. The molecule has 0 radical (unpaired) electrons. The molecule has 0 unspecified atom stereocenters. The van der Waals surface area contributed by atoms with E-state index in [2.05, 4.69) is 4.72 Å². The lowest BCUT2D eigenvalue weighted by Crippen LogP contribution is -2.15. The summed E-state index contributed by atoms with van der Waals surface area (Å²) in [6.45, 7) is 1.31. The molecule has 0 amide bonds. The van der Waals surface area contributed by atoms with Gasteiger partial charge in [0.05, 0.1) is 34.9 Å². The fraction of sp³-hybridized carbons (Fsp3) is 0.250. The minimum atomic E-state index is -3.91. The third-order valence-corrected chi connectivity index (χ3v) is 6.54. The summed E-state index contributed by atoms with van der Waals surface area (Å²) in [5.41, 5.74) is 0.913. The first kappa shape index (κ1) is 19.2. The van der Waals surface area contributed by atoms with Crippen molar-refractivity contribution in [2.24, 2.45) is 0 Å². The first-order chi connectivity index (χ1) is 11.7. The molecule has 7 nitrogen and oxygen atoms in total. The van der Waals surface area contributed by atoms with Gasteiger partial charge < -0.3 is 9.84 Å². The number of rotatable bonds is 7. The van der Waals surface area contributed by atoms with Crippen LogP contribution in [0.4, 0.5) is 5.69 Å². The highest BCUT2D eigenvalue weighted by atomic mass is 32.2. The smallest absolute Gasteiger partial charge is 0.262 e. The van der Waals surface area contributed by atoms with Crippen LogP contribution < -0.4 is 9.46 Å². The quantitative estimate of drug-likeness (QED) is 0.749. The number of sulfone groups is 1. The Hall–Kier alpha value is -2.10. The highest BCUT2D eigenvalue weighted by molar-refractivity contribution is 7.92. The molecule has 0 saturated heterocycles. The fourth-order valence-corrected chi connectivity index (χ4v) is 4.23. The molecule has 2 aromatic carbocycles. The lowest BCUT2D eigenvalue weighted by atomic mass is 10.2. The summed E-state index contributed by atoms with van der Waals surface area (Å²) in [6.07, 6.45) is 0. The van der Waals surface area contributed by atoms with E-state index in [1.54, 1.807) is 12.1 Å². The third-order valence-electron chi connectivity index (χ3n) is 3.47. The normalized spacial score (nSPS) is 12.0. The van der Waals surface area contributed by atoms with Crippen LogP contribution in [0.5, 0.6) is 5.75 Å². The van der Waals surface area contributed by atoms with Gasteiger partial charge in [-0.05, 0) is 37.3 Å². The van der Waals surface area contributed by atoms with Crippen LogP contribution >= 0.6 is 0 Å².